The Labute approximate surface area is 116 Å². The number of rotatable bonds is 3. The molecule has 100 valence electrons. The van der Waals surface area contributed by atoms with E-state index < -0.39 is 17.7 Å². The van der Waals surface area contributed by atoms with E-state index in [4.69, 9.17) is 0 Å². The highest BCUT2D eigenvalue weighted by molar-refractivity contribution is 6.13. The zero-order valence-corrected chi connectivity index (χ0v) is 10.7. The predicted octanol–water partition coefficient (Wildman–Crippen LogP) is 2.11. The minimum atomic E-state index is -0.683. The molecule has 1 aromatic rings. The normalized spacial score (nSPS) is 16.8. The molecule has 1 aliphatic rings. The minimum Gasteiger partial charge on any atom is -0.278 e. The van der Waals surface area contributed by atoms with Crippen LogP contribution in [0.2, 0.25) is 0 Å². The third-order valence-electron chi connectivity index (χ3n) is 2.97. The number of benzene rings is 1. The van der Waals surface area contributed by atoms with Crippen LogP contribution in [0.1, 0.15) is 10.4 Å². The second-order valence-electron chi connectivity index (χ2n) is 4.28. The van der Waals surface area contributed by atoms with Crippen molar-refractivity contribution in [3.8, 4) is 0 Å². The Morgan fingerprint density at radius 3 is 2.45 bits per heavy atom. The van der Waals surface area contributed by atoms with Crippen molar-refractivity contribution in [3.05, 3.63) is 72.4 Å². The SMILES string of the molecule is C=C1C=CC=CC1C(=O)N(C=O)C(=O)c1ccccc1. The van der Waals surface area contributed by atoms with Gasteiger partial charge in [0.25, 0.3) is 5.91 Å². The number of carbonyl (C=O) groups excluding carboxylic acids is 3. The molecule has 1 aliphatic carbocycles. The molecule has 0 radical (unpaired) electrons. The van der Waals surface area contributed by atoms with E-state index in [-0.39, 0.29) is 12.0 Å². The van der Waals surface area contributed by atoms with Gasteiger partial charge < -0.3 is 0 Å². The van der Waals surface area contributed by atoms with Crippen LogP contribution in [0.15, 0.2) is 66.8 Å². The summed E-state index contributed by atoms with van der Waals surface area (Å²) in [5, 5.41) is 0. The first-order valence-corrected chi connectivity index (χ1v) is 6.06. The zero-order valence-electron chi connectivity index (χ0n) is 10.7. The van der Waals surface area contributed by atoms with Crippen molar-refractivity contribution >= 4 is 18.2 Å². The molecule has 0 N–H and O–H groups in total. The van der Waals surface area contributed by atoms with Gasteiger partial charge in [-0.1, -0.05) is 49.1 Å². The van der Waals surface area contributed by atoms with Crippen LogP contribution < -0.4 is 0 Å². The van der Waals surface area contributed by atoms with Gasteiger partial charge in [0.2, 0.25) is 12.3 Å². The van der Waals surface area contributed by atoms with Gasteiger partial charge in [0, 0.05) is 5.56 Å². The van der Waals surface area contributed by atoms with Crippen molar-refractivity contribution in [2.45, 2.75) is 0 Å². The number of hydrogen-bond acceptors (Lipinski definition) is 3. The lowest BCUT2D eigenvalue weighted by atomic mass is 9.94. The largest absolute Gasteiger partial charge is 0.278 e. The van der Waals surface area contributed by atoms with E-state index in [1.54, 1.807) is 54.6 Å². The molecule has 4 nitrogen and oxygen atoms in total. The van der Waals surface area contributed by atoms with Gasteiger partial charge in [0.15, 0.2) is 0 Å². The van der Waals surface area contributed by atoms with Gasteiger partial charge >= 0.3 is 0 Å². The average Bonchev–Trinajstić information content (AvgIpc) is 2.49. The number of carbonyl (C=O) groups is 3. The van der Waals surface area contributed by atoms with Crippen LogP contribution in [0.3, 0.4) is 0 Å². The number of amides is 3. The van der Waals surface area contributed by atoms with Crippen molar-refractivity contribution in [2.24, 2.45) is 5.92 Å². The minimum absolute atomic E-state index is 0.247. The summed E-state index contributed by atoms with van der Waals surface area (Å²) in [4.78, 5) is 36.2. The molecular formula is C16H13NO3. The Kier molecular flexibility index (Phi) is 4.05. The van der Waals surface area contributed by atoms with Crippen molar-refractivity contribution in [3.63, 3.8) is 0 Å². The molecule has 3 amide bonds. The maximum absolute atomic E-state index is 12.3. The molecule has 0 saturated carbocycles. The monoisotopic (exact) mass is 267 g/mol. The van der Waals surface area contributed by atoms with E-state index in [0.717, 1.165) is 0 Å². The Morgan fingerprint density at radius 2 is 1.85 bits per heavy atom. The van der Waals surface area contributed by atoms with Gasteiger partial charge in [0.05, 0.1) is 5.92 Å². The van der Waals surface area contributed by atoms with Gasteiger partial charge in [-0.05, 0) is 17.7 Å². The molecule has 0 aliphatic heterocycles. The van der Waals surface area contributed by atoms with E-state index in [2.05, 4.69) is 6.58 Å². The highest BCUT2D eigenvalue weighted by Gasteiger charge is 2.29. The van der Waals surface area contributed by atoms with Gasteiger partial charge in [-0.3, -0.25) is 14.4 Å². The molecule has 20 heavy (non-hydrogen) atoms. The molecule has 1 unspecified atom stereocenters. The van der Waals surface area contributed by atoms with Gasteiger partial charge in [-0.2, -0.15) is 0 Å². The Balaban J connectivity index is 2.24. The summed E-state index contributed by atoms with van der Waals surface area (Å²) >= 11 is 0. The lowest BCUT2D eigenvalue weighted by molar-refractivity contribution is -0.136. The highest BCUT2D eigenvalue weighted by Crippen LogP contribution is 2.20. The first-order valence-electron chi connectivity index (χ1n) is 6.06. The highest BCUT2D eigenvalue weighted by atomic mass is 16.2. The quantitative estimate of drug-likeness (QED) is 0.622. The topological polar surface area (TPSA) is 54.5 Å². The van der Waals surface area contributed by atoms with Crippen molar-refractivity contribution in [2.75, 3.05) is 0 Å². The summed E-state index contributed by atoms with van der Waals surface area (Å²) in [7, 11) is 0. The Hall–Kier alpha value is -2.75. The molecule has 0 heterocycles. The van der Waals surface area contributed by atoms with Gasteiger partial charge in [-0.15, -0.1) is 0 Å². The molecule has 2 rings (SSSR count). The summed E-state index contributed by atoms with van der Waals surface area (Å²) < 4.78 is 0. The molecule has 0 spiro atoms. The Morgan fingerprint density at radius 1 is 1.15 bits per heavy atom. The summed E-state index contributed by atoms with van der Waals surface area (Å²) in [6, 6.07) is 8.20. The lowest BCUT2D eigenvalue weighted by Gasteiger charge is -2.20. The third-order valence-corrected chi connectivity index (χ3v) is 2.97. The average molecular weight is 267 g/mol. The fourth-order valence-corrected chi connectivity index (χ4v) is 1.89. The molecule has 0 saturated heterocycles. The van der Waals surface area contributed by atoms with Crippen LogP contribution in [0, 0.1) is 5.92 Å². The van der Waals surface area contributed by atoms with Crippen LogP contribution in [-0.2, 0) is 9.59 Å². The molecule has 1 aromatic carbocycles. The van der Waals surface area contributed by atoms with E-state index in [1.807, 2.05) is 0 Å². The van der Waals surface area contributed by atoms with Crippen molar-refractivity contribution < 1.29 is 14.4 Å². The lowest BCUT2D eigenvalue weighted by Crippen LogP contribution is -2.40. The number of hydrogen-bond donors (Lipinski definition) is 0. The summed E-state index contributed by atoms with van der Waals surface area (Å²) in [6.45, 7) is 3.75. The number of nitrogens with zero attached hydrogens (tertiary/aromatic N) is 1. The standard InChI is InChI=1S/C16H13NO3/c1-12-7-5-6-10-14(12)16(20)17(11-18)15(19)13-8-3-2-4-9-13/h2-11,14H,1H2. The third kappa shape index (κ3) is 2.64. The van der Waals surface area contributed by atoms with Crippen molar-refractivity contribution in [1.29, 1.82) is 0 Å². The molecule has 0 fully saturated rings. The summed E-state index contributed by atoms with van der Waals surface area (Å²) in [5.41, 5.74) is 0.833. The zero-order chi connectivity index (χ0) is 14.5. The summed E-state index contributed by atoms with van der Waals surface area (Å²) in [6.07, 6.45) is 6.97. The molecule has 4 heteroatoms. The van der Waals surface area contributed by atoms with Crippen LogP contribution >= 0.6 is 0 Å². The van der Waals surface area contributed by atoms with E-state index in [1.165, 1.54) is 0 Å². The van der Waals surface area contributed by atoms with E-state index in [9.17, 15) is 14.4 Å². The van der Waals surface area contributed by atoms with Crippen LogP contribution in [0.4, 0.5) is 0 Å². The first kappa shape index (κ1) is 13.7. The van der Waals surface area contributed by atoms with Crippen LogP contribution in [-0.4, -0.2) is 23.1 Å². The smallest absolute Gasteiger partial charge is 0.267 e. The van der Waals surface area contributed by atoms with E-state index in [0.29, 0.717) is 10.5 Å². The fourth-order valence-electron chi connectivity index (χ4n) is 1.89. The fraction of sp³-hybridized carbons (Fsp3) is 0.0625. The molecular weight excluding hydrogens is 254 g/mol. The predicted molar refractivity (Wildman–Crippen MR) is 74.6 cm³/mol. The Bertz CT molecular complexity index is 614. The van der Waals surface area contributed by atoms with Crippen LogP contribution in [0.25, 0.3) is 0 Å². The van der Waals surface area contributed by atoms with Gasteiger partial charge in [0.1, 0.15) is 0 Å². The number of allylic oxidation sites excluding steroid dienone is 3. The maximum Gasteiger partial charge on any atom is 0.267 e. The maximum atomic E-state index is 12.3. The second kappa shape index (κ2) is 5.93. The molecule has 0 bridgehead atoms. The first-order chi connectivity index (χ1) is 9.65. The van der Waals surface area contributed by atoms with Gasteiger partial charge in [-0.25, -0.2) is 4.90 Å². The molecule has 1 atom stereocenters. The van der Waals surface area contributed by atoms with Crippen molar-refractivity contribution in [1.82, 2.24) is 4.90 Å². The van der Waals surface area contributed by atoms with Crippen LogP contribution in [0.5, 0.6) is 0 Å². The summed E-state index contributed by atoms with van der Waals surface area (Å²) in [5.74, 6) is -1.92. The number of imide groups is 3. The second-order valence-corrected chi connectivity index (χ2v) is 4.28. The molecule has 0 aromatic heterocycles. The van der Waals surface area contributed by atoms with E-state index >= 15 is 0 Å².